The van der Waals surface area contributed by atoms with Crippen LogP contribution in [0.5, 0.6) is 0 Å². The second-order valence-electron chi connectivity index (χ2n) is 19.1. The molecule has 0 heterocycles. The van der Waals surface area contributed by atoms with Crippen molar-refractivity contribution in [1.82, 2.24) is 0 Å². The molecule has 0 radical (unpaired) electrons. The number of carboxylic acids is 1. The van der Waals surface area contributed by atoms with Crippen LogP contribution in [0, 0.1) is 0 Å². The van der Waals surface area contributed by atoms with Gasteiger partial charge in [-0.2, -0.15) is 0 Å². The lowest BCUT2D eigenvalue weighted by molar-refractivity contribution is -0.870. The summed E-state index contributed by atoms with van der Waals surface area (Å²) in [7, 11) is 5.94. The van der Waals surface area contributed by atoms with E-state index in [-0.39, 0.29) is 38.6 Å². The Kier molecular flexibility index (Phi) is 48.9. The zero-order chi connectivity index (χ0) is 52.0. The van der Waals surface area contributed by atoms with Crippen LogP contribution in [0.3, 0.4) is 0 Å². The maximum absolute atomic E-state index is 12.9. The lowest BCUT2D eigenvalue weighted by atomic mass is 10.0. The smallest absolute Gasteiger partial charge is 0.361 e. The van der Waals surface area contributed by atoms with Crippen molar-refractivity contribution in [2.24, 2.45) is 0 Å². The summed E-state index contributed by atoms with van der Waals surface area (Å²) >= 11 is 0. The van der Waals surface area contributed by atoms with Gasteiger partial charge in [-0.3, -0.25) is 9.59 Å². The molecule has 71 heavy (non-hydrogen) atoms. The number of carboxylic acid groups (broad SMARTS) is 1. The van der Waals surface area contributed by atoms with Gasteiger partial charge in [-0.1, -0.05) is 200 Å². The average molecular weight is 989 g/mol. The molecular formula is C62H102NO8+. The average Bonchev–Trinajstić information content (AvgIpc) is 3.34. The van der Waals surface area contributed by atoms with Gasteiger partial charge in [0.1, 0.15) is 13.2 Å². The Morgan fingerprint density at radius 3 is 1.14 bits per heavy atom. The van der Waals surface area contributed by atoms with Crippen LogP contribution >= 0.6 is 0 Å². The number of nitrogens with zero attached hydrogens (tertiary/aromatic N) is 1. The SMILES string of the molecule is CC/C=C\C/C=C\C/C=C\C/C=C\C/C=C\CCCCCCCCCCCCCC(=O)OC(COC(=O)CCCCC/C=C\C/C=C\C/C=C\C/C=C\C/C=C\CC)COC(OCC[N+](C)(C)C)C(=O)O. The molecule has 9 heteroatoms. The third-order valence-corrected chi connectivity index (χ3v) is 11.2. The Labute approximate surface area is 434 Å². The third-order valence-electron chi connectivity index (χ3n) is 11.2. The monoisotopic (exact) mass is 989 g/mol. The summed E-state index contributed by atoms with van der Waals surface area (Å²) in [6.07, 6.45) is 69.8. The van der Waals surface area contributed by atoms with Gasteiger partial charge in [0.25, 0.3) is 6.29 Å². The molecule has 0 saturated heterocycles. The Hall–Kier alpha value is -4.31. The normalized spacial score (nSPS) is 13.8. The number of hydrogen-bond acceptors (Lipinski definition) is 7. The molecule has 0 aromatic heterocycles. The molecule has 0 saturated carbocycles. The minimum absolute atomic E-state index is 0.175. The van der Waals surface area contributed by atoms with Gasteiger partial charge in [0.05, 0.1) is 34.4 Å². The molecule has 0 aromatic rings. The van der Waals surface area contributed by atoms with Crippen molar-refractivity contribution in [1.29, 1.82) is 0 Å². The summed E-state index contributed by atoms with van der Waals surface area (Å²) in [6, 6.07) is 0. The Balaban J connectivity index is 4.34. The van der Waals surface area contributed by atoms with Gasteiger partial charge in [-0.15, -0.1) is 0 Å². The quantitative estimate of drug-likeness (QED) is 0.0211. The van der Waals surface area contributed by atoms with Gasteiger partial charge in [-0.05, 0) is 103 Å². The number of aliphatic carboxylic acids is 1. The molecule has 0 aromatic carbocycles. The van der Waals surface area contributed by atoms with Crippen molar-refractivity contribution < 1.29 is 42.9 Å². The Morgan fingerprint density at radius 1 is 0.423 bits per heavy atom. The van der Waals surface area contributed by atoms with Gasteiger partial charge in [-0.25, -0.2) is 4.79 Å². The summed E-state index contributed by atoms with van der Waals surface area (Å²) in [5.74, 6) is -2.07. The van der Waals surface area contributed by atoms with Gasteiger partial charge in [0.2, 0.25) is 0 Å². The number of rotatable bonds is 49. The molecule has 402 valence electrons. The van der Waals surface area contributed by atoms with Crippen molar-refractivity contribution >= 4 is 17.9 Å². The first-order valence-electron chi connectivity index (χ1n) is 27.7. The van der Waals surface area contributed by atoms with Crippen molar-refractivity contribution in [3.05, 3.63) is 122 Å². The molecular weight excluding hydrogens is 887 g/mol. The van der Waals surface area contributed by atoms with Crippen molar-refractivity contribution in [3.63, 3.8) is 0 Å². The number of esters is 2. The molecule has 2 atom stereocenters. The molecule has 0 spiro atoms. The van der Waals surface area contributed by atoms with Crippen LogP contribution < -0.4 is 0 Å². The molecule has 0 aliphatic rings. The first kappa shape index (κ1) is 66.7. The van der Waals surface area contributed by atoms with Crippen LogP contribution in [-0.2, 0) is 33.3 Å². The third kappa shape index (κ3) is 53.3. The van der Waals surface area contributed by atoms with E-state index in [0.717, 1.165) is 109 Å². The summed E-state index contributed by atoms with van der Waals surface area (Å²) in [5, 5.41) is 9.69. The highest BCUT2D eigenvalue weighted by Crippen LogP contribution is 2.14. The summed E-state index contributed by atoms with van der Waals surface area (Å²) < 4.78 is 22.8. The largest absolute Gasteiger partial charge is 0.477 e. The van der Waals surface area contributed by atoms with Crippen molar-refractivity contribution in [2.75, 3.05) is 47.5 Å². The lowest BCUT2D eigenvalue weighted by Crippen LogP contribution is -2.40. The molecule has 2 unspecified atom stereocenters. The first-order valence-corrected chi connectivity index (χ1v) is 27.7. The molecule has 0 amide bonds. The van der Waals surface area contributed by atoms with E-state index in [2.05, 4.69) is 135 Å². The van der Waals surface area contributed by atoms with Gasteiger partial charge in [0.15, 0.2) is 6.10 Å². The standard InChI is InChI=1S/C62H101NO8/c1-6-8-10-12-14-16-18-20-22-24-26-27-28-29-30-31-32-33-35-37-39-41-43-45-47-49-51-53-60(65)71-58(57-70-62(61(66)67)68-55-54-63(3,4)5)56-69-59(64)52-50-48-46-44-42-40-38-36-34-25-23-21-19-17-15-13-11-9-7-2/h8-11,14-17,20-23,26-27,29-30,34,36,40,42,58,62H,6-7,12-13,18-19,24-25,28,31-33,35,37-39,41,43-57H2,1-5H3/p+1/b10-8-,11-9-,16-14-,17-15-,22-20-,23-21-,27-26-,30-29-,36-34-,42-40-. The van der Waals surface area contributed by atoms with Gasteiger partial charge < -0.3 is 28.5 Å². The summed E-state index contributed by atoms with van der Waals surface area (Å²) in [5.41, 5.74) is 0. The van der Waals surface area contributed by atoms with Crippen molar-refractivity contribution in [2.45, 2.75) is 206 Å². The van der Waals surface area contributed by atoms with Crippen LogP contribution in [-0.4, -0.2) is 87.4 Å². The number of hydrogen-bond donors (Lipinski definition) is 1. The Bertz CT molecular complexity index is 1570. The highest BCUT2D eigenvalue weighted by Gasteiger charge is 2.25. The topological polar surface area (TPSA) is 108 Å². The molecule has 0 bridgehead atoms. The predicted molar refractivity (Wildman–Crippen MR) is 299 cm³/mol. The van der Waals surface area contributed by atoms with Crippen molar-refractivity contribution in [3.8, 4) is 0 Å². The maximum atomic E-state index is 12.9. The number of quaternary nitrogens is 1. The van der Waals surface area contributed by atoms with Crippen LogP contribution in [0.15, 0.2) is 122 Å². The van der Waals surface area contributed by atoms with E-state index in [4.69, 9.17) is 18.9 Å². The Morgan fingerprint density at radius 2 is 0.761 bits per heavy atom. The summed E-state index contributed by atoms with van der Waals surface area (Å²) in [4.78, 5) is 37.4. The van der Waals surface area contributed by atoms with E-state index in [9.17, 15) is 19.5 Å². The van der Waals surface area contributed by atoms with E-state index < -0.39 is 24.3 Å². The van der Waals surface area contributed by atoms with Gasteiger partial charge >= 0.3 is 17.9 Å². The highest BCUT2D eigenvalue weighted by molar-refractivity contribution is 5.71. The summed E-state index contributed by atoms with van der Waals surface area (Å²) in [6.45, 7) is 4.59. The number of ether oxygens (including phenoxy) is 4. The van der Waals surface area contributed by atoms with Gasteiger partial charge in [0, 0.05) is 12.8 Å². The van der Waals surface area contributed by atoms with E-state index in [1.54, 1.807) is 0 Å². The number of carbonyl (C=O) groups excluding carboxylic acids is 2. The fourth-order valence-corrected chi connectivity index (χ4v) is 7.01. The molecule has 1 N–H and O–H groups in total. The van der Waals surface area contributed by atoms with E-state index in [1.807, 2.05) is 21.1 Å². The van der Waals surface area contributed by atoms with Crippen LogP contribution in [0.4, 0.5) is 0 Å². The molecule has 0 aliphatic heterocycles. The van der Waals surface area contributed by atoms with E-state index in [0.29, 0.717) is 23.9 Å². The highest BCUT2D eigenvalue weighted by atomic mass is 16.7. The maximum Gasteiger partial charge on any atom is 0.361 e. The van der Waals surface area contributed by atoms with Crippen LogP contribution in [0.25, 0.3) is 0 Å². The minimum atomic E-state index is -1.53. The van der Waals surface area contributed by atoms with Crippen LogP contribution in [0.2, 0.25) is 0 Å². The second kappa shape index (κ2) is 52.0. The molecule has 0 aliphatic carbocycles. The minimum Gasteiger partial charge on any atom is -0.477 e. The fourth-order valence-electron chi connectivity index (χ4n) is 7.01. The number of allylic oxidation sites excluding steroid dienone is 20. The zero-order valence-electron chi connectivity index (χ0n) is 45.6. The zero-order valence-corrected chi connectivity index (χ0v) is 45.6. The number of carbonyl (C=O) groups is 3. The molecule has 0 fully saturated rings. The van der Waals surface area contributed by atoms with E-state index >= 15 is 0 Å². The molecule has 0 rings (SSSR count). The second-order valence-corrected chi connectivity index (χ2v) is 19.1. The van der Waals surface area contributed by atoms with E-state index in [1.165, 1.54) is 44.9 Å². The molecule has 9 nitrogen and oxygen atoms in total. The first-order chi connectivity index (χ1) is 34.6. The van der Waals surface area contributed by atoms with Crippen LogP contribution in [0.1, 0.15) is 194 Å². The number of unbranched alkanes of at least 4 members (excludes halogenated alkanes) is 14. The predicted octanol–water partition coefficient (Wildman–Crippen LogP) is 16.1. The fraction of sp³-hybridized carbons (Fsp3) is 0.629. The number of likely N-dealkylation sites (N-methyl/N-ethyl adjacent to an activating group) is 1. The lowest BCUT2D eigenvalue weighted by Gasteiger charge is -2.25.